The summed E-state index contributed by atoms with van der Waals surface area (Å²) in [7, 11) is 0. The molecule has 2 rings (SSSR count). The van der Waals surface area contributed by atoms with Crippen molar-refractivity contribution in [1.82, 2.24) is 0 Å². The van der Waals surface area contributed by atoms with Crippen LogP contribution >= 0.6 is 11.3 Å². The van der Waals surface area contributed by atoms with Gasteiger partial charge in [-0.15, -0.1) is 0 Å². The van der Waals surface area contributed by atoms with Gasteiger partial charge < -0.3 is 10.1 Å². The van der Waals surface area contributed by atoms with Crippen LogP contribution in [0, 0.1) is 11.3 Å². The maximum Gasteiger partial charge on any atom is 0.266 e. The van der Waals surface area contributed by atoms with Crippen molar-refractivity contribution in [2.75, 3.05) is 11.9 Å². The van der Waals surface area contributed by atoms with E-state index in [0.29, 0.717) is 18.0 Å². The minimum atomic E-state index is -0.433. The van der Waals surface area contributed by atoms with Gasteiger partial charge in [-0.2, -0.15) is 16.6 Å². The minimum Gasteiger partial charge on any atom is -0.494 e. The first kappa shape index (κ1) is 14.8. The maximum atomic E-state index is 12.1. The molecule has 0 spiro atoms. The second kappa shape index (κ2) is 7.27. The summed E-state index contributed by atoms with van der Waals surface area (Å²) in [5.41, 5.74) is 1.50. The molecule has 1 heterocycles. The number of hydrogen-bond donors (Lipinski definition) is 1. The van der Waals surface area contributed by atoms with E-state index in [0.717, 1.165) is 5.56 Å². The Balaban J connectivity index is 2.13. The molecule has 0 saturated carbocycles. The molecule has 1 aromatic carbocycles. The SMILES string of the molecule is CCOc1cccc(NC(=O)/C(C#N)=C/c2ccsc2)c1. The van der Waals surface area contributed by atoms with Crippen LogP contribution in [0.5, 0.6) is 5.75 Å². The minimum absolute atomic E-state index is 0.0650. The van der Waals surface area contributed by atoms with Crippen molar-refractivity contribution in [3.8, 4) is 11.8 Å². The lowest BCUT2D eigenvalue weighted by Crippen LogP contribution is -2.13. The van der Waals surface area contributed by atoms with E-state index in [4.69, 9.17) is 10.00 Å². The van der Waals surface area contributed by atoms with E-state index in [1.807, 2.05) is 35.9 Å². The number of carbonyl (C=O) groups is 1. The summed E-state index contributed by atoms with van der Waals surface area (Å²) in [6.07, 6.45) is 1.57. The van der Waals surface area contributed by atoms with Crippen LogP contribution in [-0.4, -0.2) is 12.5 Å². The van der Waals surface area contributed by atoms with E-state index in [9.17, 15) is 4.79 Å². The summed E-state index contributed by atoms with van der Waals surface area (Å²) in [6.45, 7) is 2.45. The third kappa shape index (κ3) is 4.20. The van der Waals surface area contributed by atoms with Gasteiger partial charge in [0, 0.05) is 11.8 Å². The Bertz CT molecular complexity index is 685. The third-order valence-electron chi connectivity index (χ3n) is 2.62. The first-order chi connectivity index (χ1) is 10.2. The molecule has 21 heavy (non-hydrogen) atoms. The monoisotopic (exact) mass is 298 g/mol. The molecule has 1 aromatic heterocycles. The highest BCUT2D eigenvalue weighted by Gasteiger charge is 2.10. The predicted octanol–water partition coefficient (Wildman–Crippen LogP) is 3.69. The molecular formula is C16H14N2O2S. The van der Waals surface area contributed by atoms with E-state index in [-0.39, 0.29) is 5.57 Å². The zero-order chi connectivity index (χ0) is 15.1. The summed E-state index contributed by atoms with van der Waals surface area (Å²) in [5.74, 6) is 0.243. The second-order valence-electron chi connectivity index (χ2n) is 4.14. The van der Waals surface area contributed by atoms with Crippen LogP contribution in [0.1, 0.15) is 12.5 Å². The highest BCUT2D eigenvalue weighted by Crippen LogP contribution is 2.18. The molecule has 2 aromatic rings. The number of thiophene rings is 1. The molecule has 0 aliphatic heterocycles. The average molecular weight is 298 g/mol. The molecule has 0 saturated heterocycles. The second-order valence-corrected chi connectivity index (χ2v) is 4.92. The zero-order valence-corrected chi connectivity index (χ0v) is 12.3. The van der Waals surface area contributed by atoms with Crippen molar-refractivity contribution in [3.05, 3.63) is 52.2 Å². The fraction of sp³-hybridized carbons (Fsp3) is 0.125. The molecule has 0 bridgehead atoms. The quantitative estimate of drug-likeness (QED) is 0.676. The van der Waals surface area contributed by atoms with Crippen LogP contribution in [0.15, 0.2) is 46.7 Å². The smallest absolute Gasteiger partial charge is 0.266 e. The Labute approximate surface area is 127 Å². The number of ether oxygens (including phenoxy) is 1. The van der Waals surface area contributed by atoms with E-state index in [1.165, 1.54) is 11.3 Å². The number of hydrogen-bond acceptors (Lipinski definition) is 4. The van der Waals surface area contributed by atoms with Gasteiger partial charge in [0.05, 0.1) is 6.61 Å². The Morgan fingerprint density at radius 3 is 3.00 bits per heavy atom. The number of nitrogens with one attached hydrogen (secondary N) is 1. The number of carbonyl (C=O) groups excluding carboxylic acids is 1. The van der Waals surface area contributed by atoms with Crippen molar-refractivity contribution < 1.29 is 9.53 Å². The van der Waals surface area contributed by atoms with Crippen molar-refractivity contribution in [3.63, 3.8) is 0 Å². The first-order valence-corrected chi connectivity index (χ1v) is 7.35. The highest BCUT2D eigenvalue weighted by molar-refractivity contribution is 7.08. The van der Waals surface area contributed by atoms with Crippen LogP contribution in [0.3, 0.4) is 0 Å². The van der Waals surface area contributed by atoms with Gasteiger partial charge in [-0.1, -0.05) is 6.07 Å². The number of rotatable bonds is 5. The molecule has 0 aliphatic rings. The third-order valence-corrected chi connectivity index (χ3v) is 3.32. The Morgan fingerprint density at radius 2 is 2.33 bits per heavy atom. The molecule has 0 radical (unpaired) electrons. The highest BCUT2D eigenvalue weighted by atomic mass is 32.1. The van der Waals surface area contributed by atoms with Crippen molar-refractivity contribution in [1.29, 1.82) is 5.26 Å². The van der Waals surface area contributed by atoms with Crippen LogP contribution < -0.4 is 10.1 Å². The van der Waals surface area contributed by atoms with Crippen molar-refractivity contribution in [2.45, 2.75) is 6.92 Å². The maximum absolute atomic E-state index is 12.1. The fourth-order valence-corrected chi connectivity index (χ4v) is 2.32. The predicted molar refractivity (Wildman–Crippen MR) is 84.1 cm³/mol. The van der Waals surface area contributed by atoms with Gasteiger partial charge in [0.2, 0.25) is 0 Å². The largest absolute Gasteiger partial charge is 0.494 e. The lowest BCUT2D eigenvalue weighted by molar-refractivity contribution is -0.112. The summed E-state index contributed by atoms with van der Waals surface area (Å²) in [4.78, 5) is 12.1. The van der Waals surface area contributed by atoms with Gasteiger partial charge in [-0.3, -0.25) is 4.79 Å². The molecule has 1 amide bonds. The summed E-state index contributed by atoms with van der Waals surface area (Å²) >= 11 is 1.51. The molecule has 5 heteroatoms. The van der Waals surface area contributed by atoms with Gasteiger partial charge in [-0.05, 0) is 47.5 Å². The summed E-state index contributed by atoms with van der Waals surface area (Å²) in [5, 5.41) is 15.6. The summed E-state index contributed by atoms with van der Waals surface area (Å²) in [6, 6.07) is 10.8. The molecule has 1 N–H and O–H groups in total. The Morgan fingerprint density at radius 1 is 1.48 bits per heavy atom. The number of nitrogens with zero attached hydrogens (tertiary/aromatic N) is 1. The zero-order valence-electron chi connectivity index (χ0n) is 11.5. The molecule has 0 atom stereocenters. The number of anilines is 1. The van der Waals surface area contributed by atoms with Crippen LogP contribution in [0.2, 0.25) is 0 Å². The van der Waals surface area contributed by atoms with E-state index >= 15 is 0 Å². The Kier molecular flexibility index (Phi) is 5.13. The lowest BCUT2D eigenvalue weighted by Gasteiger charge is -2.07. The number of nitriles is 1. The van der Waals surface area contributed by atoms with Crippen molar-refractivity contribution in [2.24, 2.45) is 0 Å². The fourth-order valence-electron chi connectivity index (χ4n) is 1.70. The molecular weight excluding hydrogens is 284 g/mol. The van der Waals surface area contributed by atoms with E-state index < -0.39 is 5.91 Å². The van der Waals surface area contributed by atoms with Gasteiger partial charge in [0.15, 0.2) is 0 Å². The topological polar surface area (TPSA) is 62.1 Å². The molecule has 0 unspecified atom stereocenters. The first-order valence-electron chi connectivity index (χ1n) is 6.41. The Hall–Kier alpha value is -2.58. The standard InChI is InChI=1S/C16H14N2O2S/c1-2-20-15-5-3-4-14(9-15)18-16(19)13(10-17)8-12-6-7-21-11-12/h3-9,11H,2H2,1H3,(H,18,19)/b13-8+. The van der Waals surface area contributed by atoms with Crippen LogP contribution in [0.4, 0.5) is 5.69 Å². The average Bonchev–Trinajstić information content (AvgIpc) is 2.98. The summed E-state index contributed by atoms with van der Waals surface area (Å²) < 4.78 is 5.37. The van der Waals surface area contributed by atoms with Crippen LogP contribution in [0.25, 0.3) is 6.08 Å². The van der Waals surface area contributed by atoms with Crippen molar-refractivity contribution >= 4 is 29.0 Å². The molecule has 0 fully saturated rings. The van der Waals surface area contributed by atoms with Gasteiger partial charge >= 0.3 is 0 Å². The normalized spacial score (nSPS) is 10.8. The molecule has 106 valence electrons. The molecule has 4 nitrogen and oxygen atoms in total. The molecule has 0 aliphatic carbocycles. The lowest BCUT2D eigenvalue weighted by atomic mass is 10.2. The van der Waals surface area contributed by atoms with Gasteiger partial charge in [0.25, 0.3) is 5.91 Å². The van der Waals surface area contributed by atoms with E-state index in [1.54, 1.807) is 24.3 Å². The number of amides is 1. The number of benzene rings is 1. The van der Waals surface area contributed by atoms with Gasteiger partial charge in [-0.25, -0.2) is 0 Å². The van der Waals surface area contributed by atoms with Crippen LogP contribution in [-0.2, 0) is 4.79 Å². The van der Waals surface area contributed by atoms with Gasteiger partial charge in [0.1, 0.15) is 17.4 Å². The van der Waals surface area contributed by atoms with E-state index in [2.05, 4.69) is 5.32 Å².